The Bertz CT molecular complexity index is 490. The highest BCUT2D eigenvalue weighted by Gasteiger charge is 2.20. The lowest BCUT2D eigenvalue weighted by atomic mass is 10.1. The fraction of sp³-hybridized carbons (Fsp3) is 0.385. The van der Waals surface area contributed by atoms with Gasteiger partial charge in [0.05, 0.1) is 19.4 Å². The van der Waals surface area contributed by atoms with Crippen LogP contribution >= 0.6 is 0 Å². The molecule has 0 heterocycles. The molecular weight excluding hydrogens is 232 g/mol. The number of hydrogen-bond acceptors (Lipinski definition) is 5. The molecule has 0 bridgehead atoms. The van der Waals surface area contributed by atoms with E-state index in [4.69, 9.17) is 4.74 Å². The molecule has 0 atom stereocenters. The Morgan fingerprint density at radius 2 is 2.11 bits per heavy atom. The van der Waals surface area contributed by atoms with Crippen molar-refractivity contribution in [3.05, 3.63) is 23.3 Å². The average Bonchev–Trinajstić information content (AvgIpc) is 2.37. The zero-order valence-corrected chi connectivity index (χ0v) is 11.0. The summed E-state index contributed by atoms with van der Waals surface area (Å²) in [6.45, 7) is 2.17. The number of hydrogen-bond donors (Lipinski definition) is 0. The molecule has 0 aliphatic carbocycles. The largest absolute Gasteiger partial charge is 0.491 e. The maximum atomic E-state index is 11.6. The maximum Gasteiger partial charge on any atom is 0.341 e. The van der Waals surface area contributed by atoms with E-state index in [1.54, 1.807) is 24.0 Å². The van der Waals surface area contributed by atoms with Gasteiger partial charge in [-0.15, -0.1) is 0 Å². The summed E-state index contributed by atoms with van der Waals surface area (Å²) in [6.07, 6.45) is 0. The molecule has 0 amide bonds. The van der Waals surface area contributed by atoms with Crippen LogP contribution in [0.15, 0.2) is 12.1 Å². The summed E-state index contributed by atoms with van der Waals surface area (Å²) in [7, 11) is 4.94. The Morgan fingerprint density at radius 3 is 2.56 bits per heavy atom. The lowest BCUT2D eigenvalue weighted by Gasteiger charge is -2.18. The van der Waals surface area contributed by atoms with Gasteiger partial charge in [-0.25, -0.2) is 4.79 Å². The summed E-state index contributed by atoms with van der Waals surface area (Å²) >= 11 is 0. The summed E-state index contributed by atoms with van der Waals surface area (Å²) in [5, 5.41) is 9.24. The van der Waals surface area contributed by atoms with Gasteiger partial charge in [0.2, 0.25) is 0 Å². The quantitative estimate of drug-likeness (QED) is 0.760. The van der Waals surface area contributed by atoms with Crippen molar-refractivity contribution in [1.82, 2.24) is 0 Å². The van der Waals surface area contributed by atoms with Gasteiger partial charge in [-0.05, 0) is 19.1 Å². The van der Waals surface area contributed by atoms with Gasteiger partial charge in [0.15, 0.2) is 5.75 Å². The monoisotopic (exact) mass is 248 g/mol. The number of nitriles is 1. The highest BCUT2D eigenvalue weighted by molar-refractivity contribution is 5.94. The summed E-state index contributed by atoms with van der Waals surface area (Å²) in [6, 6.07) is 5.38. The van der Waals surface area contributed by atoms with Gasteiger partial charge in [0.1, 0.15) is 17.2 Å². The van der Waals surface area contributed by atoms with E-state index in [1.807, 2.05) is 14.1 Å². The van der Waals surface area contributed by atoms with Crippen LogP contribution in [-0.4, -0.2) is 33.8 Å². The molecule has 1 aromatic rings. The van der Waals surface area contributed by atoms with E-state index < -0.39 is 5.97 Å². The van der Waals surface area contributed by atoms with Crippen molar-refractivity contribution in [3.63, 3.8) is 0 Å². The van der Waals surface area contributed by atoms with Crippen LogP contribution in [0.1, 0.15) is 22.8 Å². The molecule has 0 fully saturated rings. The Balaban J connectivity index is 3.49. The summed E-state index contributed by atoms with van der Waals surface area (Å²) in [5.74, 6) is -0.238. The number of rotatable bonds is 4. The van der Waals surface area contributed by atoms with E-state index in [9.17, 15) is 10.1 Å². The first-order chi connectivity index (χ1) is 8.56. The number of anilines is 1. The smallest absolute Gasteiger partial charge is 0.341 e. The van der Waals surface area contributed by atoms with Gasteiger partial charge in [-0.1, -0.05) is 0 Å². The van der Waals surface area contributed by atoms with E-state index in [-0.39, 0.29) is 11.3 Å². The maximum absolute atomic E-state index is 11.6. The van der Waals surface area contributed by atoms with Crippen LogP contribution in [0.3, 0.4) is 0 Å². The number of methoxy groups -OCH3 is 1. The first-order valence-electron chi connectivity index (χ1n) is 5.52. The molecule has 96 valence electrons. The molecule has 0 saturated carbocycles. The minimum absolute atomic E-state index is 0.265. The van der Waals surface area contributed by atoms with Crippen LogP contribution in [0, 0.1) is 11.3 Å². The second kappa shape index (κ2) is 5.92. The standard InChI is InChI=1S/C13H16N2O3/c1-5-18-12-9(13(16)17-4)6-7-11(15(2)3)10(12)8-14/h6-7H,5H2,1-4H3. The molecule has 5 heteroatoms. The fourth-order valence-corrected chi connectivity index (χ4v) is 1.62. The SMILES string of the molecule is CCOc1c(C(=O)OC)ccc(N(C)C)c1C#N. The van der Waals surface area contributed by atoms with E-state index in [2.05, 4.69) is 10.8 Å². The number of benzene rings is 1. The number of esters is 1. The third-order valence-electron chi connectivity index (χ3n) is 2.42. The van der Waals surface area contributed by atoms with E-state index in [0.29, 0.717) is 17.9 Å². The normalized spacial score (nSPS) is 9.50. The van der Waals surface area contributed by atoms with Crippen LogP contribution in [0.2, 0.25) is 0 Å². The molecule has 1 aromatic carbocycles. The number of carbonyl (C=O) groups is 1. The van der Waals surface area contributed by atoms with Gasteiger partial charge in [0.25, 0.3) is 0 Å². The minimum Gasteiger partial charge on any atom is -0.491 e. The lowest BCUT2D eigenvalue weighted by molar-refractivity contribution is 0.0596. The van der Waals surface area contributed by atoms with Crippen LogP contribution in [0.4, 0.5) is 5.69 Å². The molecule has 18 heavy (non-hydrogen) atoms. The fourth-order valence-electron chi connectivity index (χ4n) is 1.62. The van der Waals surface area contributed by atoms with E-state index >= 15 is 0 Å². The highest BCUT2D eigenvalue weighted by atomic mass is 16.5. The van der Waals surface area contributed by atoms with Crippen LogP contribution < -0.4 is 9.64 Å². The summed E-state index contributed by atoms with van der Waals surface area (Å²) < 4.78 is 10.1. The zero-order chi connectivity index (χ0) is 13.7. The Hall–Kier alpha value is -2.22. The van der Waals surface area contributed by atoms with Gasteiger partial charge in [-0.2, -0.15) is 5.26 Å². The third kappa shape index (κ3) is 2.54. The second-order valence-corrected chi connectivity index (χ2v) is 3.77. The molecule has 0 radical (unpaired) electrons. The molecule has 0 spiro atoms. The third-order valence-corrected chi connectivity index (χ3v) is 2.42. The molecule has 0 saturated heterocycles. The van der Waals surface area contributed by atoms with Gasteiger partial charge >= 0.3 is 5.97 Å². The van der Waals surface area contributed by atoms with Crippen molar-refractivity contribution < 1.29 is 14.3 Å². The van der Waals surface area contributed by atoms with Crippen molar-refractivity contribution in [3.8, 4) is 11.8 Å². The van der Waals surface area contributed by atoms with Crippen LogP contribution in [-0.2, 0) is 4.74 Å². The first kappa shape index (κ1) is 13.8. The van der Waals surface area contributed by atoms with Crippen molar-refractivity contribution in [2.24, 2.45) is 0 Å². The van der Waals surface area contributed by atoms with E-state index in [0.717, 1.165) is 0 Å². The Morgan fingerprint density at radius 1 is 1.44 bits per heavy atom. The topological polar surface area (TPSA) is 62.6 Å². The first-order valence-corrected chi connectivity index (χ1v) is 5.52. The van der Waals surface area contributed by atoms with Crippen molar-refractivity contribution >= 4 is 11.7 Å². The van der Waals surface area contributed by atoms with Crippen LogP contribution in [0.25, 0.3) is 0 Å². The molecule has 5 nitrogen and oxygen atoms in total. The lowest BCUT2D eigenvalue weighted by Crippen LogP contribution is -2.14. The molecule has 0 N–H and O–H groups in total. The molecule has 0 aliphatic heterocycles. The number of ether oxygens (including phenoxy) is 2. The zero-order valence-electron chi connectivity index (χ0n) is 11.0. The molecule has 0 aliphatic rings. The van der Waals surface area contributed by atoms with Gasteiger partial charge < -0.3 is 14.4 Å². The van der Waals surface area contributed by atoms with Gasteiger partial charge in [-0.3, -0.25) is 0 Å². The molecule has 0 aromatic heterocycles. The van der Waals surface area contributed by atoms with E-state index in [1.165, 1.54) is 7.11 Å². The predicted octanol–water partition coefficient (Wildman–Crippen LogP) is 1.81. The van der Waals surface area contributed by atoms with Crippen molar-refractivity contribution in [1.29, 1.82) is 5.26 Å². The number of nitrogens with zero attached hydrogens (tertiary/aromatic N) is 2. The number of carbonyl (C=O) groups excluding carboxylic acids is 1. The van der Waals surface area contributed by atoms with Crippen molar-refractivity contribution in [2.75, 3.05) is 32.7 Å². The summed E-state index contributed by atoms with van der Waals surface area (Å²) in [5.41, 5.74) is 1.31. The Labute approximate surface area is 107 Å². The van der Waals surface area contributed by atoms with Crippen molar-refractivity contribution in [2.45, 2.75) is 6.92 Å². The molecular formula is C13H16N2O3. The Kier molecular flexibility index (Phi) is 4.55. The molecule has 1 rings (SSSR count). The van der Waals surface area contributed by atoms with Crippen LogP contribution in [0.5, 0.6) is 5.75 Å². The summed E-state index contributed by atoms with van der Waals surface area (Å²) in [4.78, 5) is 13.4. The minimum atomic E-state index is -0.514. The predicted molar refractivity (Wildman–Crippen MR) is 68.0 cm³/mol. The second-order valence-electron chi connectivity index (χ2n) is 3.77. The average molecular weight is 248 g/mol. The highest BCUT2D eigenvalue weighted by Crippen LogP contribution is 2.32. The molecule has 0 unspecified atom stereocenters. The van der Waals surface area contributed by atoms with Gasteiger partial charge in [0, 0.05) is 14.1 Å².